The van der Waals surface area contributed by atoms with Gasteiger partial charge in [0.2, 0.25) is 0 Å². The molecule has 0 aliphatic rings. The molecule has 0 atom stereocenters. The Hall–Kier alpha value is -1.01. The summed E-state index contributed by atoms with van der Waals surface area (Å²) in [5.74, 6) is -2.50. The van der Waals surface area contributed by atoms with E-state index in [0.29, 0.717) is 0 Å². The van der Waals surface area contributed by atoms with E-state index < -0.39 is 17.9 Å². The molecule has 0 aromatic rings. The first-order valence-electron chi connectivity index (χ1n) is 4.33. The lowest BCUT2D eigenvalue weighted by molar-refractivity contribution is -0.135. The fourth-order valence-corrected chi connectivity index (χ4v) is 0. The molecule has 8 heteroatoms. The number of rotatable bonds is 1. The molecule has 0 saturated heterocycles. The van der Waals surface area contributed by atoms with Crippen LogP contribution in [-0.2, 0) is 14.4 Å². The van der Waals surface area contributed by atoms with Gasteiger partial charge >= 0.3 is 0 Å². The smallest absolute Gasteiger partial charge is 0.300 e. The van der Waals surface area contributed by atoms with Gasteiger partial charge in [0.25, 0.3) is 17.9 Å². The molecule has 0 radical (unpaired) electrons. The van der Waals surface area contributed by atoms with Crippen LogP contribution in [0.15, 0.2) is 0 Å². The van der Waals surface area contributed by atoms with Crippen molar-refractivity contribution in [2.75, 3.05) is 0 Å². The van der Waals surface area contributed by atoms with Crippen molar-refractivity contribution < 1.29 is 29.7 Å². The van der Waals surface area contributed by atoms with Crippen LogP contribution < -0.4 is 0 Å². The minimum atomic E-state index is -0.833. The van der Waals surface area contributed by atoms with E-state index in [1.807, 2.05) is 6.92 Å². The largest absolute Gasteiger partial charge is 0.481 e. The summed E-state index contributed by atoms with van der Waals surface area (Å²) >= 11 is 10.5. The Bertz CT molecular complexity index is 165. The molecule has 0 aromatic heterocycles. The fourth-order valence-electron chi connectivity index (χ4n) is 0. The molecular formula is C9H18Cl2O6. The summed E-state index contributed by atoms with van der Waals surface area (Å²) in [7, 11) is 0. The van der Waals surface area contributed by atoms with Gasteiger partial charge in [-0.1, -0.05) is 6.92 Å². The Morgan fingerprint density at radius 2 is 0.941 bits per heavy atom. The lowest BCUT2D eigenvalue weighted by Gasteiger charge is -1.84. The van der Waals surface area contributed by atoms with Gasteiger partial charge in [-0.05, 0) is 6.42 Å². The maximum Gasteiger partial charge on any atom is 0.300 e. The Kier molecular flexibility index (Phi) is 30.0. The highest BCUT2D eigenvalue weighted by Gasteiger charge is 1.86. The fraction of sp³-hybridized carbons (Fsp3) is 0.667. The highest BCUT2D eigenvalue weighted by molar-refractivity contribution is 6.44. The number of alkyl halides is 2. The lowest BCUT2D eigenvalue weighted by Crippen LogP contribution is -1.78. The van der Waals surface area contributed by atoms with Gasteiger partial charge in [0.1, 0.15) is 4.84 Å². The van der Waals surface area contributed by atoms with Gasteiger partial charge in [-0.3, -0.25) is 14.4 Å². The normalized spacial score (nSPS) is 7.24. The third-order valence-electron chi connectivity index (χ3n) is 0.309. The minimum Gasteiger partial charge on any atom is -0.481 e. The number of carboxylic acids is 3. The van der Waals surface area contributed by atoms with E-state index in [4.69, 9.17) is 52.9 Å². The topological polar surface area (TPSA) is 112 Å². The Balaban J connectivity index is -0.0000000667. The molecule has 0 fully saturated rings. The van der Waals surface area contributed by atoms with Crippen molar-refractivity contribution >= 4 is 41.1 Å². The van der Waals surface area contributed by atoms with Gasteiger partial charge in [0.15, 0.2) is 0 Å². The van der Waals surface area contributed by atoms with Crippen LogP contribution in [-0.4, -0.2) is 38.1 Å². The van der Waals surface area contributed by atoms with Crippen molar-refractivity contribution in [3.63, 3.8) is 0 Å². The van der Waals surface area contributed by atoms with Crippen molar-refractivity contribution in [1.82, 2.24) is 0 Å². The molecule has 0 bridgehead atoms. The molecule has 0 aliphatic heterocycles. The molecule has 0 unspecified atom stereocenters. The van der Waals surface area contributed by atoms with E-state index in [-0.39, 0.29) is 4.84 Å². The quantitative estimate of drug-likeness (QED) is 0.640. The SMILES string of the molecule is CC(=O)O.CC(=O)O.CC(=O)O.CCC(Cl)Cl. The van der Waals surface area contributed by atoms with Crippen LogP contribution in [0.3, 0.4) is 0 Å². The summed E-state index contributed by atoms with van der Waals surface area (Å²) in [4.78, 5) is 26.8. The Morgan fingerprint density at radius 1 is 0.882 bits per heavy atom. The van der Waals surface area contributed by atoms with Gasteiger partial charge in [-0.2, -0.15) is 0 Å². The third-order valence-corrected chi connectivity index (χ3v) is 0.926. The number of aliphatic carboxylic acids is 3. The van der Waals surface area contributed by atoms with E-state index in [2.05, 4.69) is 0 Å². The molecule has 0 spiro atoms. The average Bonchev–Trinajstić information content (AvgIpc) is 2.00. The van der Waals surface area contributed by atoms with E-state index in [1.165, 1.54) is 0 Å². The molecule has 3 N–H and O–H groups in total. The summed E-state index contributed by atoms with van der Waals surface area (Å²) in [5, 5.41) is 22.2. The third kappa shape index (κ3) is 2580. The molecule has 6 nitrogen and oxygen atoms in total. The molecule has 0 aromatic carbocycles. The van der Waals surface area contributed by atoms with Crippen LogP contribution in [0.2, 0.25) is 0 Å². The van der Waals surface area contributed by atoms with Crippen LogP contribution in [0.25, 0.3) is 0 Å². The Morgan fingerprint density at radius 3 is 0.941 bits per heavy atom. The van der Waals surface area contributed by atoms with E-state index in [0.717, 1.165) is 27.2 Å². The Labute approximate surface area is 110 Å². The number of hydrogen-bond acceptors (Lipinski definition) is 3. The molecule has 0 heterocycles. The number of halogens is 2. The van der Waals surface area contributed by atoms with Crippen molar-refractivity contribution in [3.05, 3.63) is 0 Å². The van der Waals surface area contributed by atoms with Gasteiger partial charge in [0.05, 0.1) is 0 Å². The zero-order valence-electron chi connectivity index (χ0n) is 10.1. The summed E-state index contributed by atoms with van der Waals surface area (Å²) in [6.45, 7) is 5.19. The van der Waals surface area contributed by atoms with Crippen LogP contribution in [0.5, 0.6) is 0 Å². The van der Waals surface area contributed by atoms with E-state index >= 15 is 0 Å². The predicted octanol–water partition coefficient (Wildman–Crippen LogP) is 2.47. The summed E-state index contributed by atoms with van der Waals surface area (Å²) < 4.78 is 0. The standard InChI is InChI=1S/C3H6Cl2.3C2H4O2/c1-2-3(4)5;3*1-2(3)4/h3H,2H2,1H3;3*1H3,(H,3,4). The first-order valence-corrected chi connectivity index (χ1v) is 5.21. The minimum absolute atomic E-state index is 0.171. The van der Waals surface area contributed by atoms with E-state index in [1.54, 1.807) is 0 Å². The lowest BCUT2D eigenvalue weighted by atomic mass is 10.6. The predicted molar refractivity (Wildman–Crippen MR) is 65.7 cm³/mol. The molecule has 17 heavy (non-hydrogen) atoms. The molecule has 0 rings (SSSR count). The first-order chi connectivity index (χ1) is 7.47. The second-order valence-corrected chi connectivity index (χ2v) is 3.63. The number of carboxylic acid groups (broad SMARTS) is 3. The van der Waals surface area contributed by atoms with Crippen molar-refractivity contribution in [2.24, 2.45) is 0 Å². The number of carbonyl (C=O) groups is 3. The highest BCUT2D eigenvalue weighted by Crippen LogP contribution is 2.03. The number of hydrogen-bond donors (Lipinski definition) is 3. The zero-order valence-corrected chi connectivity index (χ0v) is 11.6. The van der Waals surface area contributed by atoms with Crippen molar-refractivity contribution in [3.8, 4) is 0 Å². The van der Waals surface area contributed by atoms with Crippen LogP contribution in [0.1, 0.15) is 34.1 Å². The molecule has 0 saturated carbocycles. The molecular weight excluding hydrogens is 275 g/mol. The van der Waals surface area contributed by atoms with Crippen LogP contribution in [0, 0.1) is 0 Å². The van der Waals surface area contributed by atoms with Gasteiger partial charge < -0.3 is 15.3 Å². The second-order valence-electron chi connectivity index (χ2n) is 2.36. The van der Waals surface area contributed by atoms with Crippen LogP contribution in [0.4, 0.5) is 0 Å². The highest BCUT2D eigenvalue weighted by atomic mass is 35.5. The summed E-state index contributed by atoms with van der Waals surface area (Å²) in [6, 6.07) is 0. The van der Waals surface area contributed by atoms with E-state index in [9.17, 15) is 0 Å². The first kappa shape index (κ1) is 25.0. The summed E-state index contributed by atoms with van der Waals surface area (Å²) in [6.07, 6.45) is 0.836. The van der Waals surface area contributed by atoms with Crippen molar-refractivity contribution in [1.29, 1.82) is 0 Å². The van der Waals surface area contributed by atoms with Crippen molar-refractivity contribution in [2.45, 2.75) is 39.0 Å². The second kappa shape index (κ2) is 20.4. The summed E-state index contributed by atoms with van der Waals surface area (Å²) in [5.41, 5.74) is 0. The van der Waals surface area contributed by atoms with Gasteiger partial charge in [-0.25, -0.2) is 0 Å². The molecule has 0 aliphatic carbocycles. The molecule has 104 valence electrons. The monoisotopic (exact) mass is 292 g/mol. The maximum atomic E-state index is 9.00. The van der Waals surface area contributed by atoms with Gasteiger partial charge in [0, 0.05) is 20.8 Å². The van der Waals surface area contributed by atoms with Crippen LogP contribution >= 0.6 is 23.2 Å². The van der Waals surface area contributed by atoms with Gasteiger partial charge in [-0.15, -0.1) is 23.2 Å². The molecule has 0 amide bonds. The zero-order chi connectivity index (χ0) is 15.0. The maximum absolute atomic E-state index is 9.00. The average molecular weight is 293 g/mol.